The number of guanidine groups is 1. The third-order valence-corrected chi connectivity index (χ3v) is 4.42. The topological polar surface area (TPSA) is 65.7 Å². The first-order valence-electron chi connectivity index (χ1n) is 8.66. The van der Waals surface area contributed by atoms with Gasteiger partial charge in [0.2, 0.25) is 0 Å². The molecule has 0 aromatic carbocycles. The van der Waals surface area contributed by atoms with E-state index in [0.29, 0.717) is 24.5 Å². The molecule has 130 valence electrons. The number of aliphatic imine (C=N–C) groups is 1. The number of hydrogen-bond donors (Lipinski definition) is 2. The minimum atomic E-state index is 0.385. The molecule has 1 aromatic heterocycles. The van der Waals surface area contributed by atoms with Crippen molar-refractivity contribution in [3.63, 3.8) is 0 Å². The molecule has 2 rings (SSSR count). The second kappa shape index (κ2) is 8.34. The highest BCUT2D eigenvalue weighted by atomic mass is 16.5. The lowest BCUT2D eigenvalue weighted by Gasteiger charge is -2.35. The molecule has 6 heteroatoms. The highest BCUT2D eigenvalue weighted by Crippen LogP contribution is 2.14. The normalized spacial score (nSPS) is 18.0. The Labute approximate surface area is 139 Å². The molecule has 0 spiro atoms. The number of nitrogens with zero attached hydrogens (tertiary/aromatic N) is 3. The molecule has 0 unspecified atom stereocenters. The number of piperidine rings is 1. The Balaban J connectivity index is 1.77. The molecule has 1 aliphatic rings. The Morgan fingerprint density at radius 1 is 1.35 bits per heavy atom. The van der Waals surface area contributed by atoms with Crippen molar-refractivity contribution in [3.05, 3.63) is 17.5 Å². The predicted molar refractivity (Wildman–Crippen MR) is 93.7 cm³/mol. The molecule has 0 radical (unpaired) electrons. The van der Waals surface area contributed by atoms with Gasteiger partial charge in [0.15, 0.2) is 11.7 Å². The van der Waals surface area contributed by atoms with Crippen LogP contribution < -0.4 is 10.6 Å². The Kier molecular flexibility index (Phi) is 6.45. The van der Waals surface area contributed by atoms with Crippen molar-refractivity contribution < 1.29 is 4.52 Å². The average Bonchev–Trinajstić information content (AvgIpc) is 3.01. The predicted octanol–water partition coefficient (Wildman–Crippen LogP) is 2.34. The number of likely N-dealkylation sites (tertiary alicyclic amines) is 1. The fourth-order valence-electron chi connectivity index (χ4n) is 2.80. The van der Waals surface area contributed by atoms with E-state index in [9.17, 15) is 0 Å². The van der Waals surface area contributed by atoms with E-state index >= 15 is 0 Å². The lowest BCUT2D eigenvalue weighted by Crippen LogP contribution is -2.49. The molecule has 0 aliphatic carbocycles. The van der Waals surface area contributed by atoms with Crippen LogP contribution in [0.25, 0.3) is 0 Å². The summed E-state index contributed by atoms with van der Waals surface area (Å²) in [6.07, 6.45) is 2.30. The Morgan fingerprint density at radius 3 is 2.57 bits per heavy atom. The summed E-state index contributed by atoms with van der Waals surface area (Å²) in [6.45, 7) is 11.6. The molecule has 1 aromatic rings. The summed E-state index contributed by atoms with van der Waals surface area (Å²) in [5, 5.41) is 10.9. The molecule has 1 fully saturated rings. The molecule has 2 N–H and O–H groups in total. The lowest BCUT2D eigenvalue weighted by atomic mass is 10.0. The van der Waals surface area contributed by atoms with Gasteiger partial charge in [-0.3, -0.25) is 4.99 Å². The van der Waals surface area contributed by atoms with Gasteiger partial charge in [0.05, 0.1) is 12.2 Å². The van der Waals surface area contributed by atoms with Crippen LogP contribution in [0.3, 0.4) is 0 Å². The second-order valence-corrected chi connectivity index (χ2v) is 6.85. The van der Waals surface area contributed by atoms with Crippen LogP contribution in [0.4, 0.5) is 0 Å². The fourth-order valence-corrected chi connectivity index (χ4v) is 2.80. The van der Waals surface area contributed by atoms with Gasteiger partial charge in [-0.1, -0.05) is 19.0 Å². The summed E-state index contributed by atoms with van der Waals surface area (Å²) in [6, 6.07) is 3.12. The van der Waals surface area contributed by atoms with E-state index < -0.39 is 0 Å². The van der Waals surface area contributed by atoms with Crippen molar-refractivity contribution >= 4 is 5.96 Å². The number of nitrogens with one attached hydrogen (secondary N) is 2. The van der Waals surface area contributed by atoms with Crippen molar-refractivity contribution in [2.45, 2.75) is 65.1 Å². The first-order chi connectivity index (χ1) is 11.0. The van der Waals surface area contributed by atoms with Gasteiger partial charge in [0.1, 0.15) is 0 Å². The smallest absolute Gasteiger partial charge is 0.191 e. The van der Waals surface area contributed by atoms with Gasteiger partial charge in [-0.15, -0.1) is 0 Å². The molecule has 23 heavy (non-hydrogen) atoms. The number of hydrogen-bond acceptors (Lipinski definition) is 4. The van der Waals surface area contributed by atoms with Crippen LogP contribution in [0, 0.1) is 0 Å². The molecule has 0 saturated carbocycles. The minimum absolute atomic E-state index is 0.385. The van der Waals surface area contributed by atoms with Crippen LogP contribution in [-0.4, -0.2) is 48.2 Å². The SMILES string of the molecule is CN=C(NCc1cc(C(C)C)no1)NC1CCN(C(C)C)CC1. The molecule has 6 nitrogen and oxygen atoms in total. The first-order valence-corrected chi connectivity index (χ1v) is 8.66. The Bertz CT molecular complexity index is 501. The quantitative estimate of drug-likeness (QED) is 0.644. The van der Waals surface area contributed by atoms with Gasteiger partial charge in [0.25, 0.3) is 0 Å². The summed E-state index contributed by atoms with van der Waals surface area (Å²) < 4.78 is 5.35. The van der Waals surface area contributed by atoms with Crippen molar-refractivity contribution in [3.8, 4) is 0 Å². The van der Waals surface area contributed by atoms with Crippen LogP contribution in [0.5, 0.6) is 0 Å². The van der Waals surface area contributed by atoms with Gasteiger partial charge >= 0.3 is 0 Å². The van der Waals surface area contributed by atoms with Gasteiger partial charge < -0.3 is 20.1 Å². The minimum Gasteiger partial charge on any atom is -0.359 e. The second-order valence-electron chi connectivity index (χ2n) is 6.85. The van der Waals surface area contributed by atoms with Crippen LogP contribution in [0.1, 0.15) is 57.9 Å². The zero-order chi connectivity index (χ0) is 16.8. The van der Waals surface area contributed by atoms with E-state index in [1.807, 2.05) is 6.07 Å². The average molecular weight is 321 g/mol. The van der Waals surface area contributed by atoms with E-state index in [1.165, 1.54) is 0 Å². The summed E-state index contributed by atoms with van der Waals surface area (Å²) >= 11 is 0. The summed E-state index contributed by atoms with van der Waals surface area (Å²) in [5.74, 6) is 2.05. The van der Waals surface area contributed by atoms with Crippen LogP contribution in [0.15, 0.2) is 15.6 Å². The van der Waals surface area contributed by atoms with Crippen molar-refractivity contribution in [2.75, 3.05) is 20.1 Å². The third kappa shape index (κ3) is 5.23. The summed E-state index contributed by atoms with van der Waals surface area (Å²) in [7, 11) is 1.80. The van der Waals surface area contributed by atoms with E-state index in [0.717, 1.165) is 43.3 Å². The third-order valence-electron chi connectivity index (χ3n) is 4.42. The van der Waals surface area contributed by atoms with E-state index in [-0.39, 0.29) is 0 Å². The van der Waals surface area contributed by atoms with Gasteiger partial charge in [-0.25, -0.2) is 0 Å². The number of aromatic nitrogens is 1. The molecular formula is C17H31N5O. The first kappa shape index (κ1) is 17.8. The maximum Gasteiger partial charge on any atom is 0.191 e. The molecule has 0 atom stereocenters. The van der Waals surface area contributed by atoms with Crippen molar-refractivity contribution in [1.29, 1.82) is 0 Å². The molecule has 1 saturated heterocycles. The maximum absolute atomic E-state index is 5.35. The van der Waals surface area contributed by atoms with E-state index in [2.05, 4.69) is 53.4 Å². The molecule has 2 heterocycles. The zero-order valence-corrected chi connectivity index (χ0v) is 15.1. The Morgan fingerprint density at radius 2 is 2.04 bits per heavy atom. The highest BCUT2D eigenvalue weighted by molar-refractivity contribution is 5.79. The maximum atomic E-state index is 5.35. The molecule has 0 bridgehead atoms. The molecule has 0 amide bonds. The van der Waals surface area contributed by atoms with Gasteiger partial charge in [-0.05, 0) is 32.6 Å². The van der Waals surface area contributed by atoms with Gasteiger partial charge in [0, 0.05) is 38.3 Å². The van der Waals surface area contributed by atoms with Crippen molar-refractivity contribution in [2.24, 2.45) is 4.99 Å². The molecular weight excluding hydrogens is 290 g/mol. The largest absolute Gasteiger partial charge is 0.359 e. The van der Waals surface area contributed by atoms with E-state index in [1.54, 1.807) is 7.05 Å². The van der Waals surface area contributed by atoms with Crippen LogP contribution in [-0.2, 0) is 6.54 Å². The van der Waals surface area contributed by atoms with Crippen LogP contribution >= 0.6 is 0 Å². The summed E-state index contributed by atoms with van der Waals surface area (Å²) in [5.41, 5.74) is 0.991. The zero-order valence-electron chi connectivity index (χ0n) is 15.1. The monoisotopic (exact) mass is 321 g/mol. The fraction of sp³-hybridized carbons (Fsp3) is 0.765. The molecule has 1 aliphatic heterocycles. The lowest BCUT2D eigenvalue weighted by molar-refractivity contribution is 0.167. The van der Waals surface area contributed by atoms with E-state index in [4.69, 9.17) is 4.52 Å². The standard InChI is InChI=1S/C17H31N5O/c1-12(2)16-10-15(23-21-16)11-19-17(18-5)20-14-6-8-22(9-7-14)13(3)4/h10,12-14H,6-9,11H2,1-5H3,(H2,18,19,20). The number of rotatable bonds is 5. The highest BCUT2D eigenvalue weighted by Gasteiger charge is 2.21. The summed E-state index contributed by atoms with van der Waals surface area (Å²) in [4.78, 5) is 6.84. The van der Waals surface area contributed by atoms with Crippen LogP contribution in [0.2, 0.25) is 0 Å². The van der Waals surface area contributed by atoms with Crippen molar-refractivity contribution in [1.82, 2.24) is 20.7 Å². The Hall–Kier alpha value is -1.56. The van der Waals surface area contributed by atoms with Gasteiger partial charge in [-0.2, -0.15) is 0 Å².